The molecular weight excluding hydrogens is 314 g/mol. The fraction of sp³-hybridized carbons (Fsp3) is 0.286. The van der Waals surface area contributed by atoms with Gasteiger partial charge in [-0.25, -0.2) is 13.1 Å². The lowest BCUT2D eigenvalue weighted by atomic mass is 10.1. The van der Waals surface area contributed by atoms with Gasteiger partial charge in [-0.15, -0.1) is 11.3 Å². The van der Waals surface area contributed by atoms with Crippen LogP contribution in [-0.4, -0.2) is 14.0 Å². The van der Waals surface area contributed by atoms with Crippen molar-refractivity contribution in [3.05, 3.63) is 41.4 Å². The first-order chi connectivity index (χ1) is 9.17. The Morgan fingerprint density at radius 1 is 1.05 bits per heavy atom. The van der Waals surface area contributed by atoms with Crippen molar-refractivity contribution < 1.29 is 8.42 Å². The molecule has 6 heteroatoms. The van der Waals surface area contributed by atoms with Gasteiger partial charge in [-0.2, -0.15) is 0 Å². The standard InChI is InChI=1S/C14H16ClNO2S2/c1-14(2,3)16-20(17,18)13-9-8-12(19-13)10-4-6-11(15)7-5-10/h4-9,16H,1-3H3. The molecular formula is C14H16ClNO2S2. The van der Waals surface area contributed by atoms with Gasteiger partial charge in [-0.05, 0) is 50.6 Å². The van der Waals surface area contributed by atoms with Crippen molar-refractivity contribution in [2.45, 2.75) is 30.5 Å². The molecule has 108 valence electrons. The Morgan fingerprint density at radius 3 is 2.20 bits per heavy atom. The summed E-state index contributed by atoms with van der Waals surface area (Å²) in [7, 11) is -3.47. The summed E-state index contributed by atoms with van der Waals surface area (Å²) < 4.78 is 27.4. The fourth-order valence-corrected chi connectivity index (χ4v) is 4.54. The molecule has 1 aromatic carbocycles. The quantitative estimate of drug-likeness (QED) is 0.919. The van der Waals surface area contributed by atoms with E-state index in [0.29, 0.717) is 9.23 Å². The van der Waals surface area contributed by atoms with E-state index in [1.807, 2.05) is 39.0 Å². The van der Waals surface area contributed by atoms with Gasteiger partial charge in [-0.3, -0.25) is 0 Å². The van der Waals surface area contributed by atoms with E-state index in [2.05, 4.69) is 4.72 Å². The molecule has 1 aromatic heterocycles. The van der Waals surface area contributed by atoms with Crippen molar-refractivity contribution >= 4 is 33.0 Å². The highest BCUT2D eigenvalue weighted by Gasteiger charge is 2.23. The average molecular weight is 330 g/mol. The first-order valence-corrected chi connectivity index (χ1v) is 8.75. The first-order valence-electron chi connectivity index (χ1n) is 6.07. The number of sulfonamides is 1. The van der Waals surface area contributed by atoms with Crippen LogP contribution in [0.4, 0.5) is 0 Å². The molecule has 0 bridgehead atoms. The molecule has 0 unspecified atom stereocenters. The lowest BCUT2D eigenvalue weighted by Gasteiger charge is -2.19. The number of thiophene rings is 1. The predicted molar refractivity (Wildman–Crippen MR) is 84.8 cm³/mol. The Morgan fingerprint density at radius 2 is 1.65 bits per heavy atom. The first kappa shape index (κ1) is 15.5. The molecule has 2 aromatic rings. The van der Waals surface area contributed by atoms with Crippen LogP contribution < -0.4 is 4.72 Å². The zero-order chi connectivity index (χ0) is 15.0. The minimum absolute atomic E-state index is 0.317. The van der Waals surface area contributed by atoms with E-state index in [9.17, 15) is 8.42 Å². The maximum atomic E-state index is 12.2. The molecule has 0 aliphatic heterocycles. The van der Waals surface area contributed by atoms with E-state index < -0.39 is 15.6 Å². The van der Waals surface area contributed by atoms with Gasteiger partial charge in [0.1, 0.15) is 4.21 Å². The topological polar surface area (TPSA) is 46.2 Å². The van der Waals surface area contributed by atoms with E-state index >= 15 is 0 Å². The highest BCUT2D eigenvalue weighted by Crippen LogP contribution is 2.31. The lowest BCUT2D eigenvalue weighted by Crippen LogP contribution is -2.40. The van der Waals surface area contributed by atoms with E-state index in [-0.39, 0.29) is 0 Å². The maximum Gasteiger partial charge on any atom is 0.250 e. The van der Waals surface area contributed by atoms with Gasteiger partial charge < -0.3 is 0 Å². The summed E-state index contributed by atoms with van der Waals surface area (Å²) in [6.45, 7) is 5.45. The predicted octanol–water partition coefficient (Wildman–Crippen LogP) is 4.15. The number of hydrogen-bond acceptors (Lipinski definition) is 3. The average Bonchev–Trinajstić information content (AvgIpc) is 2.76. The van der Waals surface area contributed by atoms with Crippen molar-refractivity contribution in [3.63, 3.8) is 0 Å². The summed E-state index contributed by atoms with van der Waals surface area (Å²) in [5, 5.41) is 0.660. The van der Waals surface area contributed by atoms with Crippen LogP contribution in [0.1, 0.15) is 20.8 Å². The van der Waals surface area contributed by atoms with Crippen LogP contribution in [0.15, 0.2) is 40.6 Å². The van der Waals surface area contributed by atoms with Crippen LogP contribution in [0.25, 0.3) is 10.4 Å². The second-order valence-corrected chi connectivity index (χ2v) is 8.91. The summed E-state index contributed by atoms with van der Waals surface area (Å²) in [6.07, 6.45) is 0. The summed E-state index contributed by atoms with van der Waals surface area (Å²) in [5.74, 6) is 0. The Kier molecular flexibility index (Phi) is 4.25. The van der Waals surface area contributed by atoms with Gasteiger partial charge in [0.05, 0.1) is 0 Å². The van der Waals surface area contributed by atoms with E-state index in [4.69, 9.17) is 11.6 Å². The molecule has 2 rings (SSSR count). The van der Waals surface area contributed by atoms with Crippen molar-refractivity contribution in [2.24, 2.45) is 0 Å². The Hall–Kier alpha value is -0.880. The summed E-state index contributed by atoms with van der Waals surface area (Å²) >= 11 is 7.09. The molecule has 0 spiro atoms. The molecule has 1 heterocycles. The largest absolute Gasteiger partial charge is 0.250 e. The normalized spacial score (nSPS) is 12.6. The van der Waals surface area contributed by atoms with Crippen LogP contribution in [-0.2, 0) is 10.0 Å². The van der Waals surface area contributed by atoms with Crippen LogP contribution >= 0.6 is 22.9 Å². The molecule has 0 saturated carbocycles. The van der Waals surface area contributed by atoms with Gasteiger partial charge >= 0.3 is 0 Å². The highest BCUT2D eigenvalue weighted by molar-refractivity contribution is 7.91. The summed E-state index contributed by atoms with van der Waals surface area (Å²) in [5.41, 5.74) is 0.458. The second-order valence-electron chi connectivity index (χ2n) is 5.48. The zero-order valence-electron chi connectivity index (χ0n) is 11.5. The SMILES string of the molecule is CC(C)(C)NS(=O)(=O)c1ccc(-c2ccc(Cl)cc2)s1. The second kappa shape index (κ2) is 5.48. The van der Waals surface area contributed by atoms with Gasteiger partial charge in [0, 0.05) is 15.4 Å². The zero-order valence-corrected chi connectivity index (χ0v) is 13.9. The molecule has 3 nitrogen and oxygen atoms in total. The van der Waals surface area contributed by atoms with Crippen LogP contribution in [0, 0.1) is 0 Å². The fourth-order valence-electron chi connectivity index (χ4n) is 1.69. The van der Waals surface area contributed by atoms with Crippen molar-refractivity contribution in [1.82, 2.24) is 4.72 Å². The Labute approximate surface area is 128 Å². The van der Waals surface area contributed by atoms with Crippen molar-refractivity contribution in [3.8, 4) is 10.4 Å². The minimum atomic E-state index is -3.47. The molecule has 0 fully saturated rings. The molecule has 0 radical (unpaired) electrons. The smallest absolute Gasteiger partial charge is 0.206 e. The number of hydrogen-bond donors (Lipinski definition) is 1. The molecule has 0 saturated heterocycles. The third kappa shape index (κ3) is 3.82. The molecule has 20 heavy (non-hydrogen) atoms. The van der Waals surface area contributed by atoms with E-state index in [1.54, 1.807) is 18.2 Å². The molecule has 0 aliphatic rings. The summed E-state index contributed by atoms with van der Waals surface area (Å²) in [6, 6.07) is 10.8. The van der Waals surface area contributed by atoms with Gasteiger partial charge in [0.25, 0.3) is 10.0 Å². The van der Waals surface area contributed by atoms with Crippen molar-refractivity contribution in [1.29, 1.82) is 0 Å². The van der Waals surface area contributed by atoms with E-state index in [0.717, 1.165) is 10.4 Å². The van der Waals surface area contributed by atoms with Crippen LogP contribution in [0.3, 0.4) is 0 Å². The highest BCUT2D eigenvalue weighted by atomic mass is 35.5. The van der Waals surface area contributed by atoms with Crippen LogP contribution in [0.5, 0.6) is 0 Å². The number of benzene rings is 1. The number of nitrogens with one attached hydrogen (secondary N) is 1. The Balaban J connectivity index is 2.31. The lowest BCUT2D eigenvalue weighted by molar-refractivity contribution is 0.492. The third-order valence-corrected chi connectivity index (χ3v) is 6.05. The Bertz CT molecular complexity index is 698. The summed E-state index contributed by atoms with van der Waals surface area (Å²) in [4.78, 5) is 0.899. The third-order valence-electron chi connectivity index (χ3n) is 2.42. The molecule has 0 aliphatic carbocycles. The van der Waals surface area contributed by atoms with Crippen molar-refractivity contribution in [2.75, 3.05) is 0 Å². The maximum absolute atomic E-state index is 12.2. The van der Waals surface area contributed by atoms with Crippen LogP contribution in [0.2, 0.25) is 5.02 Å². The number of halogens is 1. The van der Waals surface area contributed by atoms with Gasteiger partial charge in [0.2, 0.25) is 0 Å². The van der Waals surface area contributed by atoms with E-state index in [1.165, 1.54) is 11.3 Å². The van der Waals surface area contributed by atoms with Gasteiger partial charge in [-0.1, -0.05) is 23.7 Å². The molecule has 0 amide bonds. The monoisotopic (exact) mass is 329 g/mol. The van der Waals surface area contributed by atoms with Gasteiger partial charge in [0.15, 0.2) is 0 Å². The number of rotatable bonds is 3. The molecule has 1 N–H and O–H groups in total. The minimum Gasteiger partial charge on any atom is -0.206 e. The molecule has 0 atom stereocenters.